The summed E-state index contributed by atoms with van der Waals surface area (Å²) in [4.78, 5) is 6.55. The normalized spacial score (nSPS) is 18.5. The van der Waals surface area contributed by atoms with Gasteiger partial charge in [0.1, 0.15) is 12.7 Å². The zero-order valence-corrected chi connectivity index (χ0v) is 17.6. The Morgan fingerprint density at radius 1 is 1.15 bits per heavy atom. The minimum absolute atomic E-state index is 0. The van der Waals surface area contributed by atoms with Gasteiger partial charge in [0.25, 0.3) is 0 Å². The summed E-state index contributed by atoms with van der Waals surface area (Å²) in [5, 5.41) is 12.2. The van der Waals surface area contributed by atoms with Crippen LogP contribution in [0.25, 0.3) is 0 Å². The van der Waals surface area contributed by atoms with E-state index >= 15 is 0 Å². The van der Waals surface area contributed by atoms with Crippen molar-refractivity contribution in [3.8, 4) is 0 Å². The lowest BCUT2D eigenvalue weighted by atomic mass is 10.0. The molecule has 0 spiro atoms. The molecule has 4 nitrogen and oxygen atoms in total. The van der Waals surface area contributed by atoms with Gasteiger partial charge < -0.3 is 22.1 Å². The first-order valence-electron chi connectivity index (χ1n) is 9.25. The summed E-state index contributed by atoms with van der Waals surface area (Å²) in [6, 6.07) is 9.38. The van der Waals surface area contributed by atoms with Crippen molar-refractivity contribution < 1.29 is 26.7 Å². The highest BCUT2D eigenvalue weighted by atomic mass is 79.9. The molecule has 1 aliphatic heterocycles. The van der Waals surface area contributed by atoms with E-state index in [9.17, 15) is 5.11 Å². The molecule has 1 aliphatic rings. The predicted molar refractivity (Wildman–Crippen MR) is 101 cm³/mol. The number of hydrogen-bond donors (Lipinski definition) is 1. The molecule has 0 saturated carbocycles. The third kappa shape index (κ3) is 4.56. The number of aliphatic hydroxyl groups is 1. The summed E-state index contributed by atoms with van der Waals surface area (Å²) in [5.74, 6) is 0.827. The van der Waals surface area contributed by atoms with Crippen LogP contribution in [0.15, 0.2) is 42.7 Å². The Hall–Kier alpha value is -1.17. The van der Waals surface area contributed by atoms with Gasteiger partial charge in [-0.2, -0.15) is 0 Å². The predicted octanol–water partition coefficient (Wildman–Crippen LogP) is 1.05. The maximum Gasteiger partial charge on any atom is 0.396 e. The van der Waals surface area contributed by atoms with Gasteiger partial charge in [-0.05, 0) is 18.6 Å². The van der Waals surface area contributed by atoms with E-state index in [2.05, 4.69) is 11.9 Å². The number of halogens is 2. The highest BCUT2D eigenvalue weighted by molar-refractivity contribution is 6.30. The maximum absolute atomic E-state index is 11.5. The Morgan fingerprint density at radius 3 is 2.58 bits per heavy atom. The summed E-state index contributed by atoms with van der Waals surface area (Å²) in [7, 11) is 0. The lowest BCUT2D eigenvalue weighted by Crippen LogP contribution is -3.00. The Bertz CT molecular complexity index is 698. The molecular formula is C20H27BrClN3O. The zero-order valence-electron chi connectivity index (χ0n) is 15.2. The second kappa shape index (κ2) is 9.67. The summed E-state index contributed by atoms with van der Waals surface area (Å²) in [6.07, 6.45) is 11.1. The van der Waals surface area contributed by atoms with Crippen LogP contribution in [0.3, 0.4) is 0 Å². The fourth-order valence-corrected chi connectivity index (χ4v) is 3.65. The topological polar surface area (TPSA) is 40.2 Å². The average Bonchev–Trinajstić information content (AvgIpc) is 2.91. The van der Waals surface area contributed by atoms with Gasteiger partial charge in [-0.25, -0.2) is 9.47 Å². The first-order valence-corrected chi connectivity index (χ1v) is 9.63. The van der Waals surface area contributed by atoms with Crippen molar-refractivity contribution in [3.63, 3.8) is 0 Å². The van der Waals surface area contributed by atoms with Crippen molar-refractivity contribution in [1.82, 2.24) is 4.98 Å². The molecule has 26 heavy (non-hydrogen) atoms. The fourth-order valence-electron chi connectivity index (χ4n) is 3.53. The first kappa shape index (κ1) is 21.1. The largest absolute Gasteiger partial charge is 1.00 e. The van der Waals surface area contributed by atoms with E-state index in [0.29, 0.717) is 11.6 Å². The van der Waals surface area contributed by atoms with E-state index < -0.39 is 5.72 Å². The van der Waals surface area contributed by atoms with E-state index in [1.54, 1.807) is 6.20 Å². The molecule has 0 aliphatic carbocycles. The van der Waals surface area contributed by atoms with Crippen LogP contribution in [-0.4, -0.2) is 16.6 Å². The van der Waals surface area contributed by atoms with E-state index in [1.807, 2.05) is 46.0 Å². The van der Waals surface area contributed by atoms with Gasteiger partial charge >= 0.3 is 5.95 Å². The molecule has 1 unspecified atom stereocenters. The van der Waals surface area contributed by atoms with Gasteiger partial charge in [-0.1, -0.05) is 67.7 Å². The number of rotatable bonds is 8. The molecule has 0 amide bonds. The standard InChI is InChI=1S/C20H27ClN3O.BrH/c1-2-3-4-5-6-7-15-24-19-22-13-8-14-23(19)16-20(24,25)17-9-11-18(21)12-10-17;/h8-14,25H,2-7,15-16H2,1H3;1H/q+1;/p-1. The number of benzene rings is 1. The Kier molecular flexibility index (Phi) is 7.86. The molecule has 1 aromatic carbocycles. The lowest BCUT2D eigenvalue weighted by molar-refractivity contribution is -0.685. The number of anilines is 1. The Balaban J connectivity index is 0.00000243. The van der Waals surface area contributed by atoms with Gasteiger partial charge in [-0.15, -0.1) is 0 Å². The van der Waals surface area contributed by atoms with Gasteiger partial charge in [0.15, 0.2) is 0 Å². The molecule has 0 saturated heterocycles. The van der Waals surface area contributed by atoms with E-state index in [4.69, 9.17) is 11.6 Å². The lowest BCUT2D eigenvalue weighted by Gasteiger charge is -2.28. The SMILES string of the molecule is CCCCCCCCN1c2nccc[n+]2CC1(O)c1ccc(Cl)cc1.[Br-]. The number of aromatic nitrogens is 2. The molecule has 6 heteroatoms. The van der Waals surface area contributed by atoms with Crippen LogP contribution < -0.4 is 26.4 Å². The highest BCUT2D eigenvalue weighted by Crippen LogP contribution is 2.34. The van der Waals surface area contributed by atoms with Crippen molar-refractivity contribution in [1.29, 1.82) is 0 Å². The number of unbranched alkanes of at least 4 members (excludes halogenated alkanes) is 5. The van der Waals surface area contributed by atoms with Crippen molar-refractivity contribution in [2.24, 2.45) is 0 Å². The quantitative estimate of drug-likeness (QED) is 0.493. The smallest absolute Gasteiger partial charge is 0.396 e. The molecule has 1 aromatic heterocycles. The van der Waals surface area contributed by atoms with Crippen molar-refractivity contribution >= 4 is 17.5 Å². The van der Waals surface area contributed by atoms with E-state index in [0.717, 1.165) is 24.5 Å². The molecule has 0 bridgehead atoms. The second-order valence-corrected chi connectivity index (χ2v) is 7.23. The minimum atomic E-state index is -1.07. The van der Waals surface area contributed by atoms with Crippen LogP contribution in [0.4, 0.5) is 5.95 Å². The number of hydrogen-bond acceptors (Lipinski definition) is 3. The second-order valence-electron chi connectivity index (χ2n) is 6.79. The molecular weight excluding hydrogens is 414 g/mol. The molecule has 2 aromatic rings. The summed E-state index contributed by atoms with van der Waals surface area (Å²) < 4.78 is 2.02. The summed E-state index contributed by atoms with van der Waals surface area (Å²) in [5.41, 5.74) is -0.219. The fraction of sp³-hybridized carbons (Fsp3) is 0.500. The Labute approximate surface area is 171 Å². The molecule has 1 atom stereocenters. The first-order chi connectivity index (χ1) is 12.1. The molecule has 2 heterocycles. The van der Waals surface area contributed by atoms with Crippen LogP contribution in [0.2, 0.25) is 5.02 Å². The third-order valence-electron chi connectivity index (χ3n) is 4.92. The monoisotopic (exact) mass is 439 g/mol. The maximum atomic E-state index is 11.5. The van der Waals surface area contributed by atoms with Crippen LogP contribution in [0.5, 0.6) is 0 Å². The van der Waals surface area contributed by atoms with Crippen LogP contribution in [-0.2, 0) is 12.3 Å². The minimum Gasteiger partial charge on any atom is -1.00 e. The van der Waals surface area contributed by atoms with Crippen LogP contribution in [0, 0.1) is 0 Å². The van der Waals surface area contributed by atoms with Crippen molar-refractivity contribution in [3.05, 3.63) is 53.3 Å². The number of nitrogens with zero attached hydrogens (tertiary/aromatic N) is 3. The molecule has 0 radical (unpaired) electrons. The molecule has 1 N–H and O–H groups in total. The Morgan fingerprint density at radius 2 is 1.85 bits per heavy atom. The van der Waals surface area contributed by atoms with E-state index in [1.165, 1.54) is 32.1 Å². The van der Waals surface area contributed by atoms with Crippen molar-refractivity contribution in [2.75, 3.05) is 11.4 Å². The van der Waals surface area contributed by atoms with E-state index in [-0.39, 0.29) is 17.0 Å². The third-order valence-corrected chi connectivity index (χ3v) is 5.17. The molecule has 0 fully saturated rings. The van der Waals surface area contributed by atoms with Gasteiger partial charge in [-0.3, -0.25) is 0 Å². The molecule has 142 valence electrons. The highest BCUT2D eigenvalue weighted by Gasteiger charge is 2.51. The average molecular weight is 441 g/mol. The molecule has 3 rings (SSSR count). The van der Waals surface area contributed by atoms with Gasteiger partial charge in [0.2, 0.25) is 5.72 Å². The van der Waals surface area contributed by atoms with Crippen molar-refractivity contribution in [2.45, 2.75) is 57.7 Å². The van der Waals surface area contributed by atoms with Crippen LogP contribution in [0.1, 0.15) is 51.0 Å². The summed E-state index contributed by atoms with van der Waals surface area (Å²) in [6.45, 7) is 3.51. The zero-order chi connectivity index (χ0) is 17.7. The van der Waals surface area contributed by atoms with Gasteiger partial charge in [0.05, 0.1) is 12.7 Å². The summed E-state index contributed by atoms with van der Waals surface area (Å²) >= 11 is 6.02. The van der Waals surface area contributed by atoms with Crippen LogP contribution >= 0.6 is 11.6 Å². The number of fused-ring (bicyclic) bond motifs is 1. The van der Waals surface area contributed by atoms with Gasteiger partial charge in [0, 0.05) is 16.7 Å².